The van der Waals surface area contributed by atoms with E-state index in [4.69, 9.17) is 0 Å². The van der Waals surface area contributed by atoms with Gasteiger partial charge in [-0.3, -0.25) is 4.79 Å². The number of hydrogen-bond donors (Lipinski definition) is 1. The zero-order valence-corrected chi connectivity index (χ0v) is 12.1. The quantitative estimate of drug-likeness (QED) is 0.680. The van der Waals surface area contributed by atoms with E-state index in [1.165, 1.54) is 17.7 Å². The number of nitrogens with one attached hydrogen (secondary N) is 1. The van der Waals surface area contributed by atoms with E-state index >= 15 is 0 Å². The van der Waals surface area contributed by atoms with Crippen molar-refractivity contribution in [2.75, 3.05) is 0 Å². The van der Waals surface area contributed by atoms with Gasteiger partial charge in [-0.1, -0.05) is 35.9 Å². The molecule has 1 N–H and O–H groups in total. The fraction of sp³-hybridized carbons (Fsp3) is 0.176. The maximum atomic E-state index is 12.8. The van der Waals surface area contributed by atoms with Crippen LogP contribution in [0.5, 0.6) is 0 Å². The lowest BCUT2D eigenvalue weighted by Gasteiger charge is -2.02. The summed E-state index contributed by atoms with van der Waals surface area (Å²) >= 11 is 0. The molecule has 2 aromatic rings. The van der Waals surface area contributed by atoms with Crippen LogP contribution in [0.3, 0.4) is 0 Å². The van der Waals surface area contributed by atoms with Crippen LogP contribution in [0, 0.1) is 19.7 Å². The number of hydrazone groups is 1. The number of halogens is 1. The van der Waals surface area contributed by atoms with Crippen molar-refractivity contribution in [3.05, 3.63) is 70.5 Å². The largest absolute Gasteiger partial charge is 0.273 e. The van der Waals surface area contributed by atoms with E-state index in [-0.39, 0.29) is 18.1 Å². The second-order valence-electron chi connectivity index (χ2n) is 4.96. The van der Waals surface area contributed by atoms with E-state index in [0.29, 0.717) is 0 Å². The Morgan fingerprint density at radius 3 is 2.57 bits per heavy atom. The minimum atomic E-state index is -0.313. The Hall–Kier alpha value is -2.49. The van der Waals surface area contributed by atoms with Crippen LogP contribution in [0.25, 0.3) is 0 Å². The lowest BCUT2D eigenvalue weighted by molar-refractivity contribution is -0.120. The normalized spacial score (nSPS) is 10.8. The van der Waals surface area contributed by atoms with Gasteiger partial charge in [-0.2, -0.15) is 5.10 Å². The monoisotopic (exact) mass is 284 g/mol. The number of hydrogen-bond acceptors (Lipinski definition) is 2. The van der Waals surface area contributed by atoms with Crippen molar-refractivity contribution < 1.29 is 9.18 Å². The molecule has 0 radical (unpaired) electrons. The predicted molar refractivity (Wildman–Crippen MR) is 81.8 cm³/mol. The highest BCUT2D eigenvalue weighted by atomic mass is 19.1. The van der Waals surface area contributed by atoms with Crippen LogP contribution in [0.4, 0.5) is 4.39 Å². The van der Waals surface area contributed by atoms with E-state index in [2.05, 4.69) is 16.6 Å². The number of carbonyl (C=O) groups is 1. The van der Waals surface area contributed by atoms with Crippen LogP contribution in [0.15, 0.2) is 47.6 Å². The standard InChI is InChI=1S/C17H17FN2O/c1-12-3-6-15(13(2)9-12)11-19-20-17(21)10-14-4-7-16(18)8-5-14/h3-9,11H,10H2,1-2H3,(H,20,21)/b19-11-. The summed E-state index contributed by atoms with van der Waals surface area (Å²) in [5.41, 5.74) is 6.47. The third-order valence-electron chi connectivity index (χ3n) is 3.10. The summed E-state index contributed by atoms with van der Waals surface area (Å²) in [6, 6.07) is 11.9. The maximum Gasteiger partial charge on any atom is 0.244 e. The van der Waals surface area contributed by atoms with Crippen molar-refractivity contribution in [1.29, 1.82) is 0 Å². The Balaban J connectivity index is 1.91. The van der Waals surface area contributed by atoms with E-state index in [9.17, 15) is 9.18 Å². The zero-order chi connectivity index (χ0) is 15.2. The molecule has 0 aliphatic carbocycles. The molecule has 1 amide bonds. The summed E-state index contributed by atoms with van der Waals surface area (Å²) in [6.07, 6.45) is 1.79. The van der Waals surface area contributed by atoms with Crippen LogP contribution in [-0.2, 0) is 11.2 Å². The van der Waals surface area contributed by atoms with Crippen LogP contribution in [-0.4, -0.2) is 12.1 Å². The Morgan fingerprint density at radius 2 is 1.90 bits per heavy atom. The maximum absolute atomic E-state index is 12.8. The molecule has 0 saturated carbocycles. The number of aryl methyl sites for hydroxylation is 2. The smallest absolute Gasteiger partial charge is 0.244 e. The van der Waals surface area contributed by atoms with Gasteiger partial charge in [0.05, 0.1) is 12.6 Å². The predicted octanol–water partition coefficient (Wildman–Crippen LogP) is 3.14. The molecule has 2 rings (SSSR count). The molecule has 0 saturated heterocycles. The number of benzene rings is 2. The molecule has 0 bridgehead atoms. The molecule has 108 valence electrons. The van der Waals surface area contributed by atoms with Gasteiger partial charge in [-0.15, -0.1) is 0 Å². The molecular weight excluding hydrogens is 267 g/mol. The molecule has 0 heterocycles. The minimum absolute atomic E-state index is 0.171. The third kappa shape index (κ3) is 4.53. The number of amides is 1. The van der Waals surface area contributed by atoms with Gasteiger partial charge in [0.25, 0.3) is 0 Å². The SMILES string of the molecule is Cc1ccc(/C=N\NC(=O)Cc2ccc(F)cc2)c(C)c1. The lowest BCUT2D eigenvalue weighted by atomic mass is 10.1. The molecule has 0 atom stereocenters. The molecule has 0 aliphatic heterocycles. The van der Waals surface area contributed by atoms with Gasteiger partial charge in [-0.25, -0.2) is 9.82 Å². The fourth-order valence-corrected chi connectivity index (χ4v) is 1.97. The molecule has 21 heavy (non-hydrogen) atoms. The van der Waals surface area contributed by atoms with E-state index < -0.39 is 0 Å². The van der Waals surface area contributed by atoms with Gasteiger partial charge in [0.15, 0.2) is 0 Å². The lowest BCUT2D eigenvalue weighted by Crippen LogP contribution is -2.19. The Labute approximate surface area is 123 Å². The molecule has 0 aliphatic rings. The molecule has 0 unspecified atom stereocenters. The Bertz CT molecular complexity index is 663. The van der Waals surface area contributed by atoms with Gasteiger partial charge in [0, 0.05) is 0 Å². The van der Waals surface area contributed by atoms with Crippen molar-refractivity contribution in [1.82, 2.24) is 5.43 Å². The first-order valence-electron chi connectivity index (χ1n) is 6.68. The molecule has 0 fully saturated rings. The first kappa shape index (κ1) is 14.9. The molecular formula is C17H17FN2O. The van der Waals surface area contributed by atoms with Crippen LogP contribution in [0.2, 0.25) is 0 Å². The molecule has 0 aromatic heterocycles. The van der Waals surface area contributed by atoms with Gasteiger partial charge in [-0.05, 0) is 42.7 Å². The van der Waals surface area contributed by atoms with Crippen LogP contribution >= 0.6 is 0 Å². The second-order valence-corrected chi connectivity index (χ2v) is 4.96. The van der Waals surface area contributed by atoms with Crippen molar-refractivity contribution in [3.8, 4) is 0 Å². The third-order valence-corrected chi connectivity index (χ3v) is 3.10. The zero-order valence-electron chi connectivity index (χ0n) is 12.1. The first-order valence-corrected chi connectivity index (χ1v) is 6.68. The highest BCUT2D eigenvalue weighted by Crippen LogP contribution is 2.08. The van der Waals surface area contributed by atoms with Crippen molar-refractivity contribution in [2.45, 2.75) is 20.3 Å². The van der Waals surface area contributed by atoms with Crippen LogP contribution in [0.1, 0.15) is 22.3 Å². The molecule has 3 nitrogen and oxygen atoms in total. The van der Waals surface area contributed by atoms with Gasteiger partial charge < -0.3 is 0 Å². The minimum Gasteiger partial charge on any atom is -0.273 e. The fourth-order valence-electron chi connectivity index (χ4n) is 1.97. The van der Waals surface area contributed by atoms with E-state index in [0.717, 1.165) is 16.7 Å². The summed E-state index contributed by atoms with van der Waals surface area (Å²) in [5.74, 6) is -0.547. The van der Waals surface area contributed by atoms with Gasteiger partial charge >= 0.3 is 0 Å². The summed E-state index contributed by atoms with van der Waals surface area (Å²) < 4.78 is 12.8. The molecule has 4 heteroatoms. The van der Waals surface area contributed by atoms with Crippen LogP contribution < -0.4 is 5.43 Å². The van der Waals surface area contributed by atoms with Crippen molar-refractivity contribution in [3.63, 3.8) is 0 Å². The topological polar surface area (TPSA) is 41.5 Å². The highest BCUT2D eigenvalue weighted by molar-refractivity contribution is 5.84. The summed E-state index contributed by atoms with van der Waals surface area (Å²) in [4.78, 5) is 11.7. The first-order chi connectivity index (χ1) is 10.0. The second kappa shape index (κ2) is 6.79. The van der Waals surface area contributed by atoms with Gasteiger partial charge in [0.2, 0.25) is 5.91 Å². The number of nitrogens with zero attached hydrogens (tertiary/aromatic N) is 1. The van der Waals surface area contributed by atoms with E-state index in [1.54, 1.807) is 18.3 Å². The molecule has 2 aromatic carbocycles. The average molecular weight is 284 g/mol. The van der Waals surface area contributed by atoms with Gasteiger partial charge in [0.1, 0.15) is 5.82 Å². The Morgan fingerprint density at radius 1 is 1.19 bits per heavy atom. The summed E-state index contributed by atoms with van der Waals surface area (Å²) in [6.45, 7) is 4.02. The Kier molecular flexibility index (Phi) is 4.82. The van der Waals surface area contributed by atoms with E-state index in [1.807, 2.05) is 26.0 Å². The molecule has 0 spiro atoms. The van der Waals surface area contributed by atoms with Crippen molar-refractivity contribution in [2.24, 2.45) is 5.10 Å². The number of carbonyl (C=O) groups excluding carboxylic acids is 1. The number of rotatable bonds is 4. The average Bonchev–Trinajstić information content (AvgIpc) is 2.44. The summed E-state index contributed by atoms with van der Waals surface area (Å²) in [5, 5.41) is 3.95. The highest BCUT2D eigenvalue weighted by Gasteiger charge is 2.02. The summed E-state index contributed by atoms with van der Waals surface area (Å²) in [7, 11) is 0. The van der Waals surface area contributed by atoms with Crippen molar-refractivity contribution >= 4 is 12.1 Å².